The molecule has 0 atom stereocenters. The summed E-state index contributed by atoms with van der Waals surface area (Å²) < 4.78 is 10.6. The van der Waals surface area contributed by atoms with Crippen LogP contribution in [0.3, 0.4) is 0 Å². The fourth-order valence-electron chi connectivity index (χ4n) is 2.26. The van der Waals surface area contributed by atoms with Gasteiger partial charge in [-0.2, -0.15) is 0 Å². The molecule has 0 unspecified atom stereocenters. The van der Waals surface area contributed by atoms with Gasteiger partial charge in [-0.05, 0) is 40.9 Å². The molecule has 0 aliphatic heterocycles. The Labute approximate surface area is 135 Å². The van der Waals surface area contributed by atoms with E-state index in [1.807, 2.05) is 0 Å². The first-order chi connectivity index (χ1) is 10.3. The van der Waals surface area contributed by atoms with Crippen LogP contribution < -0.4 is 4.74 Å². The van der Waals surface area contributed by atoms with Gasteiger partial charge < -0.3 is 9.47 Å². The van der Waals surface area contributed by atoms with Crippen molar-refractivity contribution in [2.75, 3.05) is 13.2 Å². The third-order valence-electron chi connectivity index (χ3n) is 4.79. The molecule has 0 radical (unpaired) electrons. The van der Waals surface area contributed by atoms with Gasteiger partial charge in [0.25, 0.3) is 6.47 Å². The first-order valence-electron chi connectivity index (χ1n) is 8.11. The van der Waals surface area contributed by atoms with Crippen molar-refractivity contribution in [3.8, 4) is 5.75 Å². The third-order valence-corrected chi connectivity index (χ3v) is 4.79. The molecule has 0 bridgehead atoms. The Bertz CT molecular complexity index is 489. The SMILES string of the molecule is CCC(C)(C)c1ccc(C(C)(C)CC)c(OCCOC=O)c1. The van der Waals surface area contributed by atoms with E-state index in [-0.39, 0.29) is 17.4 Å². The van der Waals surface area contributed by atoms with Crippen LogP contribution >= 0.6 is 0 Å². The lowest BCUT2D eigenvalue weighted by molar-refractivity contribution is -0.129. The molecule has 0 aromatic heterocycles. The highest BCUT2D eigenvalue weighted by molar-refractivity contribution is 5.44. The van der Waals surface area contributed by atoms with Crippen LogP contribution in [-0.4, -0.2) is 19.7 Å². The normalized spacial score (nSPS) is 12.1. The van der Waals surface area contributed by atoms with Crippen molar-refractivity contribution >= 4 is 6.47 Å². The molecule has 0 heterocycles. The van der Waals surface area contributed by atoms with Gasteiger partial charge in [0.1, 0.15) is 19.0 Å². The fourth-order valence-corrected chi connectivity index (χ4v) is 2.26. The van der Waals surface area contributed by atoms with E-state index in [4.69, 9.17) is 9.47 Å². The Morgan fingerprint density at radius 3 is 2.18 bits per heavy atom. The molecule has 0 aliphatic carbocycles. The standard InChI is InChI=1S/C19H30O3/c1-7-18(3,4)15-9-10-16(19(5,6)8-2)17(13-15)22-12-11-21-14-20/h9-10,13-14H,7-8,11-12H2,1-6H3. The van der Waals surface area contributed by atoms with E-state index in [0.29, 0.717) is 13.1 Å². The van der Waals surface area contributed by atoms with Crippen molar-refractivity contribution in [2.45, 2.75) is 65.2 Å². The molecule has 3 heteroatoms. The second kappa shape index (κ2) is 7.66. The van der Waals surface area contributed by atoms with Crippen molar-refractivity contribution in [1.29, 1.82) is 0 Å². The quantitative estimate of drug-likeness (QED) is 0.493. The van der Waals surface area contributed by atoms with Gasteiger partial charge in [0.05, 0.1) is 0 Å². The summed E-state index contributed by atoms with van der Waals surface area (Å²) in [4.78, 5) is 10.2. The van der Waals surface area contributed by atoms with E-state index in [1.165, 1.54) is 11.1 Å². The predicted molar refractivity (Wildman–Crippen MR) is 90.6 cm³/mol. The molecule has 1 aromatic carbocycles. The number of benzene rings is 1. The topological polar surface area (TPSA) is 35.5 Å². The van der Waals surface area contributed by atoms with Gasteiger partial charge in [-0.25, -0.2) is 0 Å². The minimum atomic E-state index is 0.0513. The average molecular weight is 306 g/mol. The highest BCUT2D eigenvalue weighted by Gasteiger charge is 2.25. The summed E-state index contributed by atoms with van der Waals surface area (Å²) in [6.07, 6.45) is 2.10. The van der Waals surface area contributed by atoms with Gasteiger partial charge in [0.2, 0.25) is 0 Å². The van der Waals surface area contributed by atoms with E-state index in [0.717, 1.165) is 18.6 Å². The molecule has 1 rings (SSSR count). The molecule has 3 nitrogen and oxygen atoms in total. The molecular formula is C19H30O3. The zero-order valence-corrected chi connectivity index (χ0v) is 14.9. The fraction of sp³-hybridized carbons (Fsp3) is 0.632. The zero-order valence-electron chi connectivity index (χ0n) is 14.9. The Hall–Kier alpha value is -1.51. The van der Waals surface area contributed by atoms with Gasteiger partial charge >= 0.3 is 0 Å². The maximum Gasteiger partial charge on any atom is 0.293 e. The molecule has 22 heavy (non-hydrogen) atoms. The van der Waals surface area contributed by atoms with Gasteiger partial charge in [0.15, 0.2) is 0 Å². The van der Waals surface area contributed by atoms with Crippen LogP contribution in [-0.2, 0) is 20.4 Å². The van der Waals surface area contributed by atoms with Gasteiger partial charge in [-0.15, -0.1) is 0 Å². The van der Waals surface area contributed by atoms with E-state index in [9.17, 15) is 4.79 Å². The number of hydrogen-bond acceptors (Lipinski definition) is 3. The summed E-state index contributed by atoms with van der Waals surface area (Å²) in [5, 5.41) is 0. The lowest BCUT2D eigenvalue weighted by atomic mass is 9.77. The molecule has 0 spiro atoms. The van der Waals surface area contributed by atoms with E-state index >= 15 is 0 Å². The summed E-state index contributed by atoms with van der Waals surface area (Å²) in [6, 6.07) is 6.55. The predicted octanol–water partition coefficient (Wildman–Crippen LogP) is 4.61. The molecule has 0 fully saturated rings. The van der Waals surface area contributed by atoms with Crippen molar-refractivity contribution in [3.63, 3.8) is 0 Å². The minimum Gasteiger partial charge on any atom is -0.490 e. The average Bonchev–Trinajstić information content (AvgIpc) is 2.51. The second-order valence-electron chi connectivity index (χ2n) is 7.00. The molecule has 0 N–H and O–H groups in total. The van der Waals surface area contributed by atoms with E-state index in [2.05, 4.69) is 59.7 Å². The van der Waals surface area contributed by atoms with E-state index in [1.54, 1.807) is 0 Å². The van der Waals surface area contributed by atoms with Gasteiger partial charge in [0, 0.05) is 0 Å². The number of rotatable bonds is 9. The molecule has 0 amide bonds. The first kappa shape index (κ1) is 18.5. The second-order valence-corrected chi connectivity index (χ2v) is 7.00. The van der Waals surface area contributed by atoms with Crippen molar-refractivity contribution in [3.05, 3.63) is 29.3 Å². The summed E-state index contributed by atoms with van der Waals surface area (Å²) in [6.45, 7) is 14.4. The monoisotopic (exact) mass is 306 g/mol. The summed E-state index contributed by atoms with van der Waals surface area (Å²) in [7, 11) is 0. The molecular weight excluding hydrogens is 276 g/mol. The van der Waals surface area contributed by atoms with Crippen LogP contribution in [0.5, 0.6) is 5.75 Å². The molecule has 0 aliphatic rings. The molecule has 1 aromatic rings. The van der Waals surface area contributed by atoms with Crippen LogP contribution in [0.15, 0.2) is 18.2 Å². The number of carbonyl (C=O) groups is 1. The van der Waals surface area contributed by atoms with Crippen LogP contribution in [0, 0.1) is 0 Å². The van der Waals surface area contributed by atoms with Crippen molar-refractivity contribution < 1.29 is 14.3 Å². The number of hydrogen-bond donors (Lipinski definition) is 0. The molecule has 0 saturated heterocycles. The third kappa shape index (κ3) is 4.49. The lowest BCUT2D eigenvalue weighted by Crippen LogP contribution is -2.21. The molecule has 0 saturated carbocycles. The first-order valence-corrected chi connectivity index (χ1v) is 8.11. The lowest BCUT2D eigenvalue weighted by Gasteiger charge is -2.29. The van der Waals surface area contributed by atoms with Gasteiger partial charge in [-0.1, -0.05) is 53.7 Å². The van der Waals surface area contributed by atoms with Crippen LogP contribution in [0.4, 0.5) is 0 Å². The number of carbonyl (C=O) groups excluding carboxylic acids is 1. The Kier molecular flexibility index (Phi) is 6.46. The highest BCUT2D eigenvalue weighted by atomic mass is 16.5. The summed E-state index contributed by atoms with van der Waals surface area (Å²) in [5.41, 5.74) is 2.65. The minimum absolute atomic E-state index is 0.0513. The van der Waals surface area contributed by atoms with Gasteiger partial charge in [-0.3, -0.25) is 4.79 Å². The van der Waals surface area contributed by atoms with Crippen molar-refractivity contribution in [1.82, 2.24) is 0 Å². The summed E-state index contributed by atoms with van der Waals surface area (Å²) in [5.74, 6) is 0.903. The van der Waals surface area contributed by atoms with Crippen molar-refractivity contribution in [2.24, 2.45) is 0 Å². The van der Waals surface area contributed by atoms with Crippen LogP contribution in [0.25, 0.3) is 0 Å². The Morgan fingerprint density at radius 2 is 1.64 bits per heavy atom. The molecule has 124 valence electrons. The van der Waals surface area contributed by atoms with Crippen LogP contribution in [0.1, 0.15) is 65.5 Å². The Balaban J connectivity index is 3.14. The largest absolute Gasteiger partial charge is 0.490 e. The van der Waals surface area contributed by atoms with Crippen LogP contribution in [0.2, 0.25) is 0 Å². The maximum atomic E-state index is 10.2. The maximum absolute atomic E-state index is 10.2. The smallest absolute Gasteiger partial charge is 0.293 e. The summed E-state index contributed by atoms with van der Waals surface area (Å²) >= 11 is 0. The zero-order chi connectivity index (χ0) is 16.8. The Morgan fingerprint density at radius 1 is 1.00 bits per heavy atom. The van der Waals surface area contributed by atoms with E-state index < -0.39 is 0 Å². The highest BCUT2D eigenvalue weighted by Crippen LogP contribution is 2.38. The number of ether oxygens (including phenoxy) is 2.